The van der Waals surface area contributed by atoms with E-state index >= 15 is 0 Å². The quantitative estimate of drug-likeness (QED) is 0.705. The summed E-state index contributed by atoms with van der Waals surface area (Å²) in [6.07, 6.45) is 2.06. The summed E-state index contributed by atoms with van der Waals surface area (Å²) in [5, 5.41) is 19.4. The van der Waals surface area contributed by atoms with Gasteiger partial charge < -0.3 is 21.1 Å². The molecule has 3 atom stereocenters. The van der Waals surface area contributed by atoms with Crippen molar-refractivity contribution >= 4 is 23.5 Å². The number of rotatable bonds is 5. The van der Waals surface area contributed by atoms with Gasteiger partial charge in [-0.1, -0.05) is 0 Å². The fourth-order valence-electron chi connectivity index (χ4n) is 3.39. The van der Waals surface area contributed by atoms with E-state index in [4.69, 9.17) is 10.5 Å². The van der Waals surface area contributed by atoms with E-state index in [9.17, 15) is 19.2 Å². The average molecular weight is 400 g/mol. The highest BCUT2D eigenvalue weighted by molar-refractivity contribution is 5.98. The summed E-state index contributed by atoms with van der Waals surface area (Å²) < 4.78 is 19.9. The van der Waals surface area contributed by atoms with E-state index in [1.165, 1.54) is 37.5 Å². The van der Waals surface area contributed by atoms with Gasteiger partial charge in [0.1, 0.15) is 17.5 Å². The molecule has 1 heterocycles. The van der Waals surface area contributed by atoms with Gasteiger partial charge in [-0.15, -0.1) is 0 Å². The lowest BCUT2D eigenvalue weighted by atomic mass is 9.83. The Morgan fingerprint density at radius 1 is 1.34 bits per heavy atom. The van der Waals surface area contributed by atoms with Crippen LogP contribution >= 0.6 is 0 Å². The lowest BCUT2D eigenvalue weighted by Gasteiger charge is -2.32. The van der Waals surface area contributed by atoms with E-state index in [1.54, 1.807) is 4.68 Å². The maximum Gasteiger partial charge on any atom is 0.407 e. The molecule has 10 heteroatoms. The molecule has 2 amide bonds. The van der Waals surface area contributed by atoms with Crippen molar-refractivity contribution in [2.24, 2.45) is 11.7 Å². The Labute approximate surface area is 166 Å². The first-order chi connectivity index (χ1) is 13.9. The fraction of sp³-hybridized carbons (Fsp3) is 0.368. The molecule has 29 heavy (non-hydrogen) atoms. The first-order valence-corrected chi connectivity index (χ1v) is 9.10. The van der Waals surface area contributed by atoms with Crippen molar-refractivity contribution in [2.75, 3.05) is 12.4 Å². The second-order valence-electron chi connectivity index (χ2n) is 6.76. The summed E-state index contributed by atoms with van der Waals surface area (Å²) >= 11 is 0. The molecule has 0 saturated heterocycles. The third kappa shape index (κ3) is 4.63. The van der Waals surface area contributed by atoms with Gasteiger partial charge in [-0.2, -0.15) is 10.4 Å². The Bertz CT molecular complexity index is 936. The number of carbonyl (C=O) groups is 2. The Morgan fingerprint density at radius 2 is 2.07 bits per heavy atom. The van der Waals surface area contributed by atoms with Crippen molar-refractivity contribution < 1.29 is 18.7 Å². The zero-order valence-corrected chi connectivity index (χ0v) is 15.8. The summed E-state index contributed by atoms with van der Waals surface area (Å²) in [5.41, 5.74) is 6.18. The maximum absolute atomic E-state index is 13.1. The molecule has 152 valence electrons. The predicted octanol–water partition coefficient (Wildman–Crippen LogP) is 2.45. The summed E-state index contributed by atoms with van der Waals surface area (Å²) in [6, 6.07) is 7.52. The molecule has 4 N–H and O–H groups in total. The van der Waals surface area contributed by atoms with Crippen molar-refractivity contribution in [3.05, 3.63) is 41.8 Å². The number of benzene rings is 1. The number of aromatic nitrogens is 2. The highest BCUT2D eigenvalue weighted by atomic mass is 19.1. The first-order valence-electron chi connectivity index (χ1n) is 9.10. The van der Waals surface area contributed by atoms with Gasteiger partial charge in [0.25, 0.3) is 5.91 Å². The van der Waals surface area contributed by atoms with Crippen LogP contribution < -0.4 is 16.4 Å². The molecule has 0 bridgehead atoms. The number of nitrogens with zero attached hydrogens (tertiary/aromatic N) is 3. The van der Waals surface area contributed by atoms with Gasteiger partial charge in [-0.05, 0) is 37.1 Å². The monoisotopic (exact) mass is 400 g/mol. The SMILES string of the molecule is CNC(=O)O[C@@H]1CC[C@H](n2cc(C(N)=O)c(Nc3ccc(F)cc3)n2)[C@@H](C#N)C1. The Kier molecular flexibility index (Phi) is 5.97. The highest BCUT2D eigenvalue weighted by Crippen LogP contribution is 2.36. The van der Waals surface area contributed by atoms with Gasteiger partial charge in [0.15, 0.2) is 5.82 Å². The van der Waals surface area contributed by atoms with Crippen LogP contribution in [-0.2, 0) is 4.74 Å². The van der Waals surface area contributed by atoms with Gasteiger partial charge in [0.2, 0.25) is 0 Å². The van der Waals surface area contributed by atoms with Crippen molar-refractivity contribution in [1.29, 1.82) is 5.26 Å². The van der Waals surface area contributed by atoms with Crippen LogP contribution in [0.2, 0.25) is 0 Å². The zero-order chi connectivity index (χ0) is 21.0. The average Bonchev–Trinajstić information content (AvgIpc) is 3.13. The fourth-order valence-corrected chi connectivity index (χ4v) is 3.39. The standard InChI is InChI=1S/C19H21FN6O3/c1-23-19(28)29-14-6-7-16(11(8-14)9-21)26-10-15(17(22)27)18(25-26)24-13-4-2-12(20)3-5-13/h2-5,10-11,14,16H,6-8H2,1H3,(H2,22,27)(H,23,28)(H,24,25)/t11-,14-,16+/m1/s1. The van der Waals surface area contributed by atoms with Crippen LogP contribution in [0.5, 0.6) is 0 Å². The third-order valence-corrected chi connectivity index (χ3v) is 4.85. The molecule has 0 radical (unpaired) electrons. The molecule has 0 unspecified atom stereocenters. The molecule has 1 aromatic carbocycles. The predicted molar refractivity (Wildman–Crippen MR) is 102 cm³/mol. The van der Waals surface area contributed by atoms with Gasteiger partial charge in [0.05, 0.1) is 18.0 Å². The molecule has 1 fully saturated rings. The summed E-state index contributed by atoms with van der Waals surface area (Å²) in [4.78, 5) is 23.3. The molecule has 1 aliphatic carbocycles. The van der Waals surface area contributed by atoms with E-state index in [1.807, 2.05) is 0 Å². The molecule has 1 aromatic heterocycles. The smallest absolute Gasteiger partial charge is 0.407 e. The minimum Gasteiger partial charge on any atom is -0.446 e. The van der Waals surface area contributed by atoms with Crippen LogP contribution in [0.25, 0.3) is 0 Å². The summed E-state index contributed by atoms with van der Waals surface area (Å²) in [5.74, 6) is -1.29. The van der Waals surface area contributed by atoms with Crippen molar-refractivity contribution in [2.45, 2.75) is 31.4 Å². The van der Waals surface area contributed by atoms with Crippen LogP contribution in [-0.4, -0.2) is 34.9 Å². The van der Waals surface area contributed by atoms with E-state index in [-0.39, 0.29) is 29.3 Å². The van der Waals surface area contributed by atoms with E-state index in [2.05, 4.69) is 21.8 Å². The normalized spacial score (nSPS) is 21.1. The highest BCUT2D eigenvalue weighted by Gasteiger charge is 2.35. The third-order valence-electron chi connectivity index (χ3n) is 4.85. The van der Waals surface area contributed by atoms with Crippen LogP contribution in [0.3, 0.4) is 0 Å². The molecular formula is C19H21FN6O3. The maximum atomic E-state index is 13.1. The number of nitrogens with two attached hydrogens (primary N) is 1. The van der Waals surface area contributed by atoms with Crippen molar-refractivity contribution in [3.63, 3.8) is 0 Å². The Balaban J connectivity index is 1.81. The lowest BCUT2D eigenvalue weighted by molar-refractivity contribution is 0.0528. The molecule has 2 aromatic rings. The minimum atomic E-state index is -0.675. The lowest BCUT2D eigenvalue weighted by Crippen LogP contribution is -2.34. The molecular weight excluding hydrogens is 379 g/mol. The summed E-state index contributed by atoms with van der Waals surface area (Å²) in [7, 11) is 1.47. The van der Waals surface area contributed by atoms with Gasteiger partial charge in [0, 0.05) is 25.4 Å². The van der Waals surface area contributed by atoms with Crippen LogP contribution in [0.4, 0.5) is 20.7 Å². The van der Waals surface area contributed by atoms with E-state index in [0.29, 0.717) is 24.9 Å². The number of ether oxygens (including phenoxy) is 1. The Morgan fingerprint density at radius 3 is 2.69 bits per heavy atom. The first kappa shape index (κ1) is 20.1. The van der Waals surface area contributed by atoms with Gasteiger partial charge in [-0.3, -0.25) is 9.48 Å². The van der Waals surface area contributed by atoms with Crippen LogP contribution in [0, 0.1) is 23.1 Å². The van der Waals surface area contributed by atoms with E-state index < -0.39 is 17.9 Å². The van der Waals surface area contributed by atoms with Crippen molar-refractivity contribution in [1.82, 2.24) is 15.1 Å². The zero-order valence-electron chi connectivity index (χ0n) is 15.8. The number of primary amides is 1. The van der Waals surface area contributed by atoms with Gasteiger partial charge >= 0.3 is 6.09 Å². The number of nitrogens with one attached hydrogen (secondary N) is 2. The number of amides is 2. The number of halogens is 1. The number of nitriles is 1. The number of hydrogen-bond acceptors (Lipinski definition) is 6. The second kappa shape index (κ2) is 8.60. The largest absolute Gasteiger partial charge is 0.446 e. The molecule has 0 aliphatic heterocycles. The molecule has 1 saturated carbocycles. The summed E-state index contributed by atoms with van der Waals surface area (Å²) in [6.45, 7) is 0. The molecule has 3 rings (SSSR count). The molecule has 1 aliphatic rings. The number of carbonyl (C=O) groups excluding carboxylic acids is 2. The topological polar surface area (TPSA) is 135 Å². The number of alkyl carbamates (subject to hydrolysis) is 1. The number of anilines is 2. The van der Waals surface area contributed by atoms with Gasteiger partial charge in [-0.25, -0.2) is 9.18 Å². The molecule has 9 nitrogen and oxygen atoms in total. The Hall–Kier alpha value is -3.61. The van der Waals surface area contributed by atoms with Crippen LogP contribution in [0.15, 0.2) is 30.5 Å². The minimum absolute atomic E-state index is 0.162. The van der Waals surface area contributed by atoms with Crippen molar-refractivity contribution in [3.8, 4) is 6.07 Å². The second-order valence-corrected chi connectivity index (χ2v) is 6.76. The molecule has 0 spiro atoms. The van der Waals surface area contributed by atoms with E-state index in [0.717, 1.165) is 0 Å². The van der Waals surface area contributed by atoms with Crippen LogP contribution in [0.1, 0.15) is 35.7 Å². The number of hydrogen-bond donors (Lipinski definition) is 3.